The van der Waals surface area contributed by atoms with Crippen LogP contribution in [-0.2, 0) is 17.9 Å². The molecule has 0 saturated heterocycles. The van der Waals surface area contributed by atoms with E-state index in [-0.39, 0.29) is 11.8 Å². The van der Waals surface area contributed by atoms with Crippen LogP contribution in [0.15, 0.2) is 53.5 Å². The van der Waals surface area contributed by atoms with Gasteiger partial charge in [0.05, 0.1) is 19.0 Å². The maximum Gasteiger partial charge on any atom is 0.225 e. The lowest BCUT2D eigenvalue weighted by Gasteiger charge is -2.11. The average molecular weight is 345 g/mol. The van der Waals surface area contributed by atoms with Crippen molar-refractivity contribution in [2.45, 2.75) is 20.0 Å². The monoisotopic (exact) mass is 344 g/mol. The van der Waals surface area contributed by atoms with Gasteiger partial charge in [-0.2, -0.15) is 5.10 Å². The number of nitrogens with one attached hydrogen (secondary N) is 1. The molecular formula is C17H17ClN4O2. The van der Waals surface area contributed by atoms with Gasteiger partial charge in [0.1, 0.15) is 24.2 Å². The molecule has 7 heteroatoms. The molecule has 3 rings (SSSR count). The number of rotatable bonds is 6. The summed E-state index contributed by atoms with van der Waals surface area (Å²) in [6, 6.07) is 11.1. The molecular weight excluding hydrogens is 328 g/mol. The summed E-state index contributed by atoms with van der Waals surface area (Å²) >= 11 is 5.88. The van der Waals surface area contributed by atoms with E-state index in [2.05, 4.69) is 15.4 Å². The molecule has 3 aromatic rings. The number of hydrogen-bond donors (Lipinski definition) is 1. The summed E-state index contributed by atoms with van der Waals surface area (Å²) in [4.78, 5) is 16.0. The number of hydrogen-bond acceptors (Lipinski definition) is 4. The first-order valence-electron chi connectivity index (χ1n) is 7.56. The van der Waals surface area contributed by atoms with Gasteiger partial charge in [-0.05, 0) is 36.4 Å². The Bertz CT molecular complexity index is 796. The van der Waals surface area contributed by atoms with Crippen LogP contribution in [0.2, 0.25) is 5.02 Å². The second kappa shape index (κ2) is 7.31. The third-order valence-electron chi connectivity index (χ3n) is 3.60. The van der Waals surface area contributed by atoms with Gasteiger partial charge in [0.25, 0.3) is 0 Å². The van der Waals surface area contributed by atoms with Crippen molar-refractivity contribution in [1.82, 2.24) is 20.1 Å². The molecule has 0 radical (unpaired) electrons. The Morgan fingerprint density at radius 1 is 1.29 bits per heavy atom. The zero-order valence-corrected chi connectivity index (χ0v) is 13.9. The maximum absolute atomic E-state index is 12.1. The minimum atomic E-state index is -0.211. The van der Waals surface area contributed by atoms with E-state index in [0.29, 0.717) is 23.9 Å². The quantitative estimate of drug-likeness (QED) is 0.745. The van der Waals surface area contributed by atoms with Crippen LogP contribution in [0.5, 0.6) is 0 Å². The minimum absolute atomic E-state index is 0.0602. The first-order valence-corrected chi connectivity index (χ1v) is 7.94. The van der Waals surface area contributed by atoms with Crippen LogP contribution in [0, 0.1) is 5.92 Å². The molecule has 0 aliphatic heterocycles. The Balaban J connectivity index is 1.55. The smallest absolute Gasteiger partial charge is 0.225 e. The van der Waals surface area contributed by atoms with Gasteiger partial charge < -0.3 is 9.73 Å². The molecule has 0 fully saturated rings. The molecule has 0 aliphatic rings. The predicted molar refractivity (Wildman–Crippen MR) is 90.2 cm³/mol. The summed E-state index contributed by atoms with van der Waals surface area (Å²) in [5.41, 5.74) is 0.941. The van der Waals surface area contributed by atoms with Gasteiger partial charge in [-0.1, -0.05) is 18.5 Å². The second-order valence-electron chi connectivity index (χ2n) is 5.51. The molecule has 1 unspecified atom stereocenters. The molecule has 0 bridgehead atoms. The van der Waals surface area contributed by atoms with Gasteiger partial charge >= 0.3 is 0 Å². The van der Waals surface area contributed by atoms with Gasteiger partial charge in [-0.15, -0.1) is 0 Å². The third kappa shape index (κ3) is 4.02. The fourth-order valence-corrected chi connectivity index (χ4v) is 2.41. The summed E-state index contributed by atoms with van der Waals surface area (Å²) in [5, 5.41) is 7.55. The maximum atomic E-state index is 12.1. The lowest BCUT2D eigenvalue weighted by atomic mass is 10.1. The van der Waals surface area contributed by atoms with Crippen molar-refractivity contribution >= 4 is 17.5 Å². The molecule has 1 aromatic carbocycles. The van der Waals surface area contributed by atoms with Crippen molar-refractivity contribution in [3.8, 4) is 11.3 Å². The van der Waals surface area contributed by atoms with Crippen LogP contribution in [-0.4, -0.2) is 20.7 Å². The molecule has 0 aliphatic carbocycles. The van der Waals surface area contributed by atoms with Crippen LogP contribution in [0.1, 0.15) is 12.7 Å². The fraction of sp³-hybridized carbons (Fsp3) is 0.235. The first-order chi connectivity index (χ1) is 11.6. The number of benzene rings is 1. The van der Waals surface area contributed by atoms with E-state index in [1.165, 1.54) is 6.33 Å². The van der Waals surface area contributed by atoms with Crippen LogP contribution < -0.4 is 5.32 Å². The van der Waals surface area contributed by atoms with Crippen molar-refractivity contribution in [2.75, 3.05) is 0 Å². The molecule has 124 valence electrons. The summed E-state index contributed by atoms with van der Waals surface area (Å²) in [6.45, 7) is 2.67. The highest BCUT2D eigenvalue weighted by atomic mass is 35.5. The van der Waals surface area contributed by atoms with E-state index in [1.807, 2.05) is 43.3 Å². The van der Waals surface area contributed by atoms with E-state index in [1.54, 1.807) is 11.0 Å². The van der Waals surface area contributed by atoms with Crippen molar-refractivity contribution < 1.29 is 9.21 Å². The molecule has 1 N–H and O–H groups in total. The highest BCUT2D eigenvalue weighted by Crippen LogP contribution is 2.23. The van der Waals surface area contributed by atoms with E-state index in [9.17, 15) is 4.79 Å². The van der Waals surface area contributed by atoms with E-state index < -0.39 is 0 Å². The molecule has 2 heterocycles. The zero-order valence-electron chi connectivity index (χ0n) is 13.1. The van der Waals surface area contributed by atoms with Crippen molar-refractivity contribution in [1.29, 1.82) is 0 Å². The zero-order chi connectivity index (χ0) is 16.9. The third-order valence-corrected chi connectivity index (χ3v) is 3.85. The molecule has 0 saturated carbocycles. The summed E-state index contributed by atoms with van der Waals surface area (Å²) in [6.07, 6.45) is 3.04. The van der Waals surface area contributed by atoms with E-state index >= 15 is 0 Å². The summed E-state index contributed by atoms with van der Waals surface area (Å²) in [5.74, 6) is 1.17. The largest absolute Gasteiger partial charge is 0.459 e. The van der Waals surface area contributed by atoms with Crippen molar-refractivity contribution in [2.24, 2.45) is 5.92 Å². The number of furan rings is 1. The molecule has 2 aromatic heterocycles. The number of aromatic nitrogens is 3. The van der Waals surface area contributed by atoms with Gasteiger partial charge in [-0.25, -0.2) is 4.98 Å². The van der Waals surface area contributed by atoms with Gasteiger partial charge in [0.15, 0.2) is 0 Å². The summed E-state index contributed by atoms with van der Waals surface area (Å²) < 4.78 is 7.39. The van der Waals surface area contributed by atoms with Crippen molar-refractivity contribution in [3.63, 3.8) is 0 Å². The molecule has 0 spiro atoms. The average Bonchev–Trinajstić information content (AvgIpc) is 3.25. The van der Waals surface area contributed by atoms with Crippen LogP contribution in [0.4, 0.5) is 0 Å². The van der Waals surface area contributed by atoms with Crippen LogP contribution in [0.3, 0.4) is 0 Å². The first kappa shape index (κ1) is 16.3. The number of carbonyl (C=O) groups excluding carboxylic acids is 1. The highest BCUT2D eigenvalue weighted by molar-refractivity contribution is 6.30. The van der Waals surface area contributed by atoms with E-state index in [0.717, 1.165) is 11.3 Å². The Kier molecular flexibility index (Phi) is 4.96. The Morgan fingerprint density at radius 3 is 2.79 bits per heavy atom. The van der Waals surface area contributed by atoms with Crippen LogP contribution in [0.25, 0.3) is 11.3 Å². The van der Waals surface area contributed by atoms with Gasteiger partial charge in [-0.3, -0.25) is 9.48 Å². The molecule has 24 heavy (non-hydrogen) atoms. The van der Waals surface area contributed by atoms with Gasteiger partial charge in [0, 0.05) is 10.6 Å². The SMILES string of the molecule is CC(Cn1cncn1)C(=O)NCc1ccc(-c2ccc(Cl)cc2)o1. The Morgan fingerprint density at radius 2 is 2.08 bits per heavy atom. The molecule has 1 amide bonds. The molecule has 6 nitrogen and oxygen atoms in total. The van der Waals surface area contributed by atoms with Crippen LogP contribution >= 0.6 is 11.6 Å². The Hall–Kier alpha value is -2.60. The highest BCUT2D eigenvalue weighted by Gasteiger charge is 2.14. The second-order valence-corrected chi connectivity index (χ2v) is 5.95. The Labute approximate surface area is 144 Å². The summed E-state index contributed by atoms with van der Waals surface area (Å²) in [7, 11) is 0. The number of amides is 1. The predicted octanol–water partition coefficient (Wildman–Crippen LogP) is 3.14. The van der Waals surface area contributed by atoms with Crippen molar-refractivity contribution in [3.05, 3.63) is 59.8 Å². The fourth-order valence-electron chi connectivity index (χ4n) is 2.28. The lowest BCUT2D eigenvalue weighted by molar-refractivity contribution is -0.125. The van der Waals surface area contributed by atoms with E-state index in [4.69, 9.17) is 16.0 Å². The number of carbonyl (C=O) groups is 1. The lowest BCUT2D eigenvalue weighted by Crippen LogP contribution is -2.31. The van der Waals surface area contributed by atoms with Gasteiger partial charge in [0.2, 0.25) is 5.91 Å². The number of halogens is 1. The normalized spacial score (nSPS) is 12.1. The number of nitrogens with zero attached hydrogens (tertiary/aromatic N) is 3. The minimum Gasteiger partial charge on any atom is -0.459 e. The standard InChI is InChI=1S/C17H17ClN4O2/c1-12(9-22-11-19-10-21-22)17(23)20-8-15-6-7-16(24-15)13-2-4-14(18)5-3-13/h2-7,10-12H,8-9H2,1H3,(H,20,23). The topological polar surface area (TPSA) is 73.0 Å². The molecule has 1 atom stereocenters.